The summed E-state index contributed by atoms with van der Waals surface area (Å²) < 4.78 is 15.9. The topological polar surface area (TPSA) is 26.3 Å². The minimum Gasteiger partial charge on any atom is -0.463 e. The van der Waals surface area contributed by atoms with E-state index < -0.39 is 5.97 Å². The maximum Gasteiger partial charge on any atom is 0.336 e. The summed E-state index contributed by atoms with van der Waals surface area (Å²) in [6.07, 6.45) is 0.234. The largest absolute Gasteiger partial charge is 0.463 e. The van der Waals surface area contributed by atoms with Crippen molar-refractivity contribution in [3.8, 4) is 0 Å². The van der Waals surface area contributed by atoms with Crippen LogP contribution in [-0.4, -0.2) is 12.6 Å². The van der Waals surface area contributed by atoms with Crippen LogP contribution in [0.2, 0.25) is 0 Å². The molecule has 9 heavy (non-hydrogen) atoms. The average molecular weight is 132 g/mol. The Bertz CT molecular complexity index is 129. The van der Waals surface area contributed by atoms with Gasteiger partial charge in [-0.05, 0) is 13.8 Å². The predicted molar refractivity (Wildman–Crippen MR) is 31.5 cm³/mol. The summed E-state index contributed by atoms with van der Waals surface area (Å²) in [4.78, 5) is 10.4. The molecule has 0 radical (unpaired) electrons. The van der Waals surface area contributed by atoms with Crippen molar-refractivity contribution in [3.05, 3.63) is 11.9 Å². The lowest BCUT2D eigenvalue weighted by Crippen LogP contribution is -2.04. The molecule has 52 valence electrons. The first kappa shape index (κ1) is 8.14. The zero-order valence-electron chi connectivity index (χ0n) is 5.48. The van der Waals surface area contributed by atoms with E-state index >= 15 is 0 Å². The highest BCUT2D eigenvalue weighted by atomic mass is 19.1. The standard InChI is InChI=1S/C6H9FO2/c1-3-9-6(8)5(2)4-7/h4H,3H2,1-2H3. The second-order valence-electron chi connectivity index (χ2n) is 1.51. The normalized spacial score (nSPS) is 11.2. The first-order chi connectivity index (χ1) is 4.22. The first-order valence-electron chi connectivity index (χ1n) is 2.66. The molecule has 0 atom stereocenters. The fourth-order valence-corrected chi connectivity index (χ4v) is 0.289. The van der Waals surface area contributed by atoms with Crippen molar-refractivity contribution in [1.29, 1.82) is 0 Å². The van der Waals surface area contributed by atoms with Crippen LogP contribution in [0, 0.1) is 0 Å². The van der Waals surface area contributed by atoms with E-state index in [0.29, 0.717) is 0 Å². The molecule has 0 aromatic heterocycles. The summed E-state index contributed by atoms with van der Waals surface area (Å²) in [6, 6.07) is 0. The monoisotopic (exact) mass is 132 g/mol. The fraction of sp³-hybridized carbons (Fsp3) is 0.500. The first-order valence-corrected chi connectivity index (χ1v) is 2.66. The van der Waals surface area contributed by atoms with Crippen LogP contribution >= 0.6 is 0 Å². The van der Waals surface area contributed by atoms with Gasteiger partial charge in [0.25, 0.3) is 0 Å². The zero-order valence-corrected chi connectivity index (χ0v) is 5.48. The molecule has 0 aromatic carbocycles. The van der Waals surface area contributed by atoms with Gasteiger partial charge >= 0.3 is 5.97 Å². The molecule has 0 saturated heterocycles. The van der Waals surface area contributed by atoms with Crippen LogP contribution in [0.4, 0.5) is 4.39 Å². The Hall–Kier alpha value is -0.860. The number of halogens is 1. The Morgan fingerprint density at radius 2 is 2.33 bits per heavy atom. The summed E-state index contributed by atoms with van der Waals surface area (Å²) in [5.74, 6) is -0.597. The zero-order chi connectivity index (χ0) is 7.28. The van der Waals surface area contributed by atoms with Crippen molar-refractivity contribution in [2.75, 3.05) is 6.61 Å². The smallest absolute Gasteiger partial charge is 0.336 e. The molecule has 0 aliphatic rings. The number of rotatable bonds is 2. The SMILES string of the molecule is CCOC(=O)C(C)=CF. The lowest BCUT2D eigenvalue weighted by atomic mass is 10.4. The maximum atomic E-state index is 11.5. The van der Waals surface area contributed by atoms with Crippen LogP contribution in [0.15, 0.2) is 11.9 Å². The summed E-state index contributed by atoms with van der Waals surface area (Å²) >= 11 is 0. The molecule has 0 heterocycles. The van der Waals surface area contributed by atoms with Crippen molar-refractivity contribution in [2.24, 2.45) is 0 Å². The van der Waals surface area contributed by atoms with Crippen LogP contribution in [-0.2, 0) is 9.53 Å². The van der Waals surface area contributed by atoms with Gasteiger partial charge in [0.2, 0.25) is 0 Å². The van der Waals surface area contributed by atoms with Crippen LogP contribution in [0.5, 0.6) is 0 Å². The van der Waals surface area contributed by atoms with E-state index in [-0.39, 0.29) is 18.5 Å². The van der Waals surface area contributed by atoms with Gasteiger partial charge in [-0.25, -0.2) is 9.18 Å². The summed E-state index contributed by atoms with van der Waals surface area (Å²) in [7, 11) is 0. The Morgan fingerprint density at radius 1 is 1.78 bits per heavy atom. The van der Waals surface area contributed by atoms with Crippen LogP contribution < -0.4 is 0 Å². The minimum atomic E-state index is -0.597. The van der Waals surface area contributed by atoms with E-state index in [9.17, 15) is 9.18 Å². The molecule has 0 bridgehead atoms. The van der Waals surface area contributed by atoms with Gasteiger partial charge in [-0.2, -0.15) is 0 Å². The Balaban J connectivity index is 3.74. The van der Waals surface area contributed by atoms with Crippen molar-refractivity contribution in [1.82, 2.24) is 0 Å². The second-order valence-corrected chi connectivity index (χ2v) is 1.51. The highest BCUT2D eigenvalue weighted by molar-refractivity contribution is 5.87. The van der Waals surface area contributed by atoms with E-state index in [1.54, 1.807) is 6.92 Å². The van der Waals surface area contributed by atoms with Crippen molar-refractivity contribution >= 4 is 5.97 Å². The Labute approximate surface area is 53.3 Å². The number of carbonyl (C=O) groups excluding carboxylic acids is 1. The van der Waals surface area contributed by atoms with Gasteiger partial charge in [0.05, 0.1) is 18.5 Å². The Morgan fingerprint density at radius 3 is 2.67 bits per heavy atom. The molecule has 0 aliphatic carbocycles. The summed E-state index contributed by atoms with van der Waals surface area (Å²) in [5.41, 5.74) is -0.00292. The van der Waals surface area contributed by atoms with Gasteiger partial charge < -0.3 is 4.74 Å². The van der Waals surface area contributed by atoms with Gasteiger partial charge in [-0.15, -0.1) is 0 Å². The van der Waals surface area contributed by atoms with Gasteiger partial charge in [-0.1, -0.05) is 0 Å². The van der Waals surface area contributed by atoms with Crippen molar-refractivity contribution < 1.29 is 13.9 Å². The van der Waals surface area contributed by atoms with E-state index in [2.05, 4.69) is 4.74 Å². The van der Waals surface area contributed by atoms with Crippen LogP contribution in [0.1, 0.15) is 13.8 Å². The highest BCUT2D eigenvalue weighted by Crippen LogP contribution is 1.95. The molecule has 0 fully saturated rings. The maximum absolute atomic E-state index is 11.5. The van der Waals surface area contributed by atoms with Gasteiger partial charge in [0, 0.05) is 0 Å². The second kappa shape index (κ2) is 4.06. The lowest BCUT2D eigenvalue weighted by Gasteiger charge is -1.97. The van der Waals surface area contributed by atoms with Gasteiger partial charge in [0.15, 0.2) is 0 Å². The molecule has 0 aliphatic heterocycles. The quantitative estimate of drug-likeness (QED) is 0.419. The molecule has 0 saturated carbocycles. The number of ether oxygens (including phenoxy) is 1. The lowest BCUT2D eigenvalue weighted by molar-refractivity contribution is -0.138. The molecule has 0 N–H and O–H groups in total. The van der Waals surface area contributed by atoms with E-state index in [1.165, 1.54) is 6.92 Å². The molecular weight excluding hydrogens is 123 g/mol. The number of esters is 1. The number of hydrogen-bond acceptors (Lipinski definition) is 2. The molecule has 2 nitrogen and oxygen atoms in total. The fourth-order valence-electron chi connectivity index (χ4n) is 0.289. The van der Waals surface area contributed by atoms with Crippen molar-refractivity contribution in [2.45, 2.75) is 13.8 Å². The van der Waals surface area contributed by atoms with Gasteiger partial charge in [-0.3, -0.25) is 0 Å². The third-order valence-electron chi connectivity index (χ3n) is 0.761. The predicted octanol–water partition coefficient (Wildman–Crippen LogP) is 1.42. The molecule has 0 aromatic rings. The highest BCUT2D eigenvalue weighted by Gasteiger charge is 2.02. The Kier molecular flexibility index (Phi) is 3.67. The minimum absolute atomic E-state index is 0.00292. The van der Waals surface area contributed by atoms with Crippen molar-refractivity contribution in [3.63, 3.8) is 0 Å². The molecular formula is C6H9FO2. The third-order valence-corrected chi connectivity index (χ3v) is 0.761. The number of carbonyl (C=O) groups is 1. The van der Waals surface area contributed by atoms with E-state index in [4.69, 9.17) is 0 Å². The summed E-state index contributed by atoms with van der Waals surface area (Å²) in [6.45, 7) is 3.31. The molecule has 0 rings (SSSR count). The molecule has 3 heteroatoms. The number of hydrogen-bond donors (Lipinski definition) is 0. The van der Waals surface area contributed by atoms with Crippen LogP contribution in [0.3, 0.4) is 0 Å². The molecule has 0 unspecified atom stereocenters. The van der Waals surface area contributed by atoms with E-state index in [0.717, 1.165) is 0 Å². The summed E-state index contributed by atoms with van der Waals surface area (Å²) in [5, 5.41) is 0. The average Bonchev–Trinajstić information content (AvgIpc) is 1.87. The van der Waals surface area contributed by atoms with E-state index in [1.807, 2.05) is 0 Å². The van der Waals surface area contributed by atoms with Crippen LogP contribution in [0.25, 0.3) is 0 Å². The third kappa shape index (κ3) is 2.85. The van der Waals surface area contributed by atoms with Gasteiger partial charge in [0.1, 0.15) is 0 Å². The molecule has 0 spiro atoms. The molecule has 0 amide bonds.